The molecule has 1 fully saturated rings. The van der Waals surface area contributed by atoms with Gasteiger partial charge in [-0.2, -0.15) is 0 Å². The molecule has 0 aliphatic carbocycles. The number of nitrogens with one attached hydrogen (secondary N) is 1. The van der Waals surface area contributed by atoms with Crippen molar-refractivity contribution >= 4 is 11.5 Å². The van der Waals surface area contributed by atoms with Gasteiger partial charge in [-0.25, -0.2) is 4.98 Å². The van der Waals surface area contributed by atoms with Gasteiger partial charge in [-0.15, -0.1) is 0 Å². The highest BCUT2D eigenvalue weighted by Gasteiger charge is 2.22. The maximum atomic E-state index is 10.5. The van der Waals surface area contributed by atoms with Gasteiger partial charge in [0, 0.05) is 6.54 Å². The number of piperidine rings is 1. The molecule has 0 spiro atoms. The van der Waals surface area contributed by atoms with Crippen molar-refractivity contribution in [1.29, 1.82) is 0 Å². The van der Waals surface area contributed by atoms with Crippen molar-refractivity contribution < 1.29 is 9.84 Å². The van der Waals surface area contributed by atoms with Gasteiger partial charge in [0.1, 0.15) is 17.3 Å². The third kappa shape index (κ3) is 3.85. The Morgan fingerprint density at radius 1 is 1.35 bits per heavy atom. The summed E-state index contributed by atoms with van der Waals surface area (Å²) in [6, 6.07) is 7.18. The van der Waals surface area contributed by atoms with Crippen LogP contribution in [0.4, 0.5) is 11.5 Å². The van der Waals surface area contributed by atoms with Crippen LogP contribution in [0.1, 0.15) is 38.2 Å². The molecule has 2 heterocycles. The molecule has 0 saturated carbocycles. The number of nitrogens with zero attached hydrogens (tertiary/aromatic N) is 1. The van der Waals surface area contributed by atoms with Gasteiger partial charge in [0.05, 0.1) is 23.6 Å². The Bertz CT molecular complexity index is 771. The number of aromatic nitrogens is 1. The predicted molar refractivity (Wildman–Crippen MR) is 105 cm³/mol. The van der Waals surface area contributed by atoms with Crippen LogP contribution >= 0.6 is 0 Å². The van der Waals surface area contributed by atoms with Gasteiger partial charge >= 0.3 is 0 Å². The molecule has 6 heteroatoms. The summed E-state index contributed by atoms with van der Waals surface area (Å²) >= 11 is 0. The molecule has 1 saturated heterocycles. The Labute approximate surface area is 154 Å². The fourth-order valence-electron chi connectivity index (χ4n) is 3.33. The van der Waals surface area contributed by atoms with Crippen LogP contribution in [0.25, 0.3) is 11.3 Å². The van der Waals surface area contributed by atoms with E-state index < -0.39 is 0 Å². The van der Waals surface area contributed by atoms with E-state index in [2.05, 4.69) is 24.1 Å². The average Bonchev–Trinajstić information content (AvgIpc) is 2.63. The largest absolute Gasteiger partial charge is 0.507 e. The molecule has 1 aromatic heterocycles. The first-order valence-electron chi connectivity index (χ1n) is 9.19. The molecule has 2 aromatic rings. The molecule has 0 radical (unpaired) electrons. The number of ether oxygens (including phenoxy) is 1. The third-order valence-electron chi connectivity index (χ3n) is 4.69. The van der Waals surface area contributed by atoms with Gasteiger partial charge in [0.2, 0.25) is 0 Å². The number of aromatic hydroxyl groups is 1. The van der Waals surface area contributed by atoms with Crippen molar-refractivity contribution in [3.63, 3.8) is 0 Å². The number of anilines is 2. The number of nitrogen functional groups attached to an aromatic ring is 2. The Kier molecular flexibility index (Phi) is 5.52. The Hall–Kier alpha value is -2.47. The molecular formula is C20H28N4O2. The quantitative estimate of drug-likeness (QED) is 0.656. The normalized spacial score (nSPS) is 17.4. The van der Waals surface area contributed by atoms with E-state index in [1.54, 1.807) is 12.1 Å². The molecular weight excluding hydrogens is 328 g/mol. The Morgan fingerprint density at radius 3 is 2.85 bits per heavy atom. The molecule has 140 valence electrons. The zero-order valence-electron chi connectivity index (χ0n) is 15.5. The van der Waals surface area contributed by atoms with E-state index in [-0.39, 0.29) is 5.75 Å². The lowest BCUT2D eigenvalue weighted by atomic mass is 9.89. The Morgan fingerprint density at radius 2 is 2.15 bits per heavy atom. The second-order valence-corrected chi connectivity index (χ2v) is 7.29. The van der Waals surface area contributed by atoms with Crippen LogP contribution in [-0.2, 0) is 0 Å². The van der Waals surface area contributed by atoms with E-state index in [4.69, 9.17) is 16.2 Å². The molecule has 6 N–H and O–H groups in total. The average molecular weight is 356 g/mol. The topological polar surface area (TPSA) is 106 Å². The number of rotatable bonds is 5. The van der Waals surface area contributed by atoms with Gasteiger partial charge in [0.15, 0.2) is 0 Å². The molecule has 26 heavy (non-hydrogen) atoms. The summed E-state index contributed by atoms with van der Waals surface area (Å²) in [7, 11) is 0. The zero-order chi connectivity index (χ0) is 18.7. The first kappa shape index (κ1) is 18.3. The molecule has 1 aromatic carbocycles. The minimum atomic E-state index is 0.121. The summed E-state index contributed by atoms with van der Waals surface area (Å²) in [5.74, 6) is 1.68. The lowest BCUT2D eigenvalue weighted by Crippen LogP contribution is -2.29. The van der Waals surface area contributed by atoms with Gasteiger partial charge in [-0.3, -0.25) is 0 Å². The third-order valence-corrected chi connectivity index (χ3v) is 4.69. The number of pyridine rings is 1. The van der Waals surface area contributed by atoms with E-state index in [1.165, 1.54) is 0 Å². The van der Waals surface area contributed by atoms with E-state index in [0.29, 0.717) is 47.0 Å². The number of nitrogens with two attached hydrogens (primary N) is 2. The number of phenols is 1. The minimum Gasteiger partial charge on any atom is -0.507 e. The fraction of sp³-hybridized carbons (Fsp3) is 0.450. The minimum absolute atomic E-state index is 0.121. The summed E-state index contributed by atoms with van der Waals surface area (Å²) in [4.78, 5) is 4.44. The lowest BCUT2D eigenvalue weighted by molar-refractivity contribution is 0.271. The molecule has 1 aliphatic heterocycles. The van der Waals surface area contributed by atoms with Crippen molar-refractivity contribution in [2.45, 2.75) is 32.6 Å². The number of hydrogen-bond donors (Lipinski definition) is 4. The van der Waals surface area contributed by atoms with Crippen molar-refractivity contribution in [3.05, 3.63) is 29.8 Å². The maximum Gasteiger partial charge on any atom is 0.147 e. The summed E-state index contributed by atoms with van der Waals surface area (Å²) in [6.07, 6.45) is 2.15. The second-order valence-electron chi connectivity index (χ2n) is 7.29. The van der Waals surface area contributed by atoms with Gasteiger partial charge in [-0.1, -0.05) is 19.9 Å². The molecule has 6 nitrogen and oxygen atoms in total. The van der Waals surface area contributed by atoms with E-state index in [9.17, 15) is 5.11 Å². The first-order valence-corrected chi connectivity index (χ1v) is 9.19. The molecule has 0 bridgehead atoms. The van der Waals surface area contributed by atoms with Crippen molar-refractivity contribution in [2.75, 3.05) is 31.2 Å². The van der Waals surface area contributed by atoms with Crippen LogP contribution in [0.15, 0.2) is 24.3 Å². The van der Waals surface area contributed by atoms with Gasteiger partial charge < -0.3 is 26.6 Å². The highest BCUT2D eigenvalue weighted by atomic mass is 16.5. The SMILES string of the molecule is CC(C)COc1cccc(O)c1-c1cc(C2CCCNC2)c(N)c(N)n1. The molecule has 1 atom stereocenters. The summed E-state index contributed by atoms with van der Waals surface area (Å²) in [5, 5.41) is 13.9. The first-order chi connectivity index (χ1) is 12.5. The molecule has 0 amide bonds. The molecule has 1 aliphatic rings. The molecule has 1 unspecified atom stereocenters. The van der Waals surface area contributed by atoms with Crippen LogP contribution in [0.5, 0.6) is 11.5 Å². The van der Waals surface area contributed by atoms with Crippen LogP contribution in [-0.4, -0.2) is 29.8 Å². The predicted octanol–water partition coefficient (Wildman–Crippen LogP) is 3.12. The summed E-state index contributed by atoms with van der Waals surface area (Å²) in [6.45, 7) is 6.60. The van der Waals surface area contributed by atoms with Crippen LogP contribution in [0.2, 0.25) is 0 Å². The van der Waals surface area contributed by atoms with Gasteiger partial charge in [0.25, 0.3) is 0 Å². The van der Waals surface area contributed by atoms with Crippen molar-refractivity contribution in [1.82, 2.24) is 10.3 Å². The standard InChI is InChI=1S/C20H28N4O2/c1-12(2)11-26-17-7-3-6-16(25)18(17)15-9-14(19(21)20(22)24-15)13-5-4-8-23-10-13/h3,6-7,9,12-13,23,25H,4-5,8,10-11,21H2,1-2H3,(H2,22,24). The fourth-order valence-corrected chi connectivity index (χ4v) is 3.33. The number of benzene rings is 1. The van der Waals surface area contributed by atoms with Crippen molar-refractivity contribution in [2.24, 2.45) is 5.92 Å². The second kappa shape index (κ2) is 7.83. The smallest absolute Gasteiger partial charge is 0.147 e. The van der Waals surface area contributed by atoms with Crippen LogP contribution in [0.3, 0.4) is 0 Å². The maximum absolute atomic E-state index is 10.5. The van der Waals surface area contributed by atoms with Crippen LogP contribution in [0, 0.1) is 5.92 Å². The molecule has 3 rings (SSSR count). The highest BCUT2D eigenvalue weighted by molar-refractivity contribution is 5.78. The number of phenolic OH excluding ortho intramolecular Hbond substituents is 1. The van der Waals surface area contributed by atoms with Crippen LogP contribution < -0.4 is 21.5 Å². The zero-order valence-corrected chi connectivity index (χ0v) is 15.5. The summed E-state index contributed by atoms with van der Waals surface area (Å²) in [5.41, 5.74) is 15.0. The van der Waals surface area contributed by atoms with E-state index in [1.807, 2.05) is 12.1 Å². The monoisotopic (exact) mass is 356 g/mol. The van der Waals surface area contributed by atoms with Gasteiger partial charge in [-0.05, 0) is 55.0 Å². The summed E-state index contributed by atoms with van der Waals surface area (Å²) < 4.78 is 5.90. The number of hydrogen-bond acceptors (Lipinski definition) is 6. The van der Waals surface area contributed by atoms with E-state index >= 15 is 0 Å². The van der Waals surface area contributed by atoms with E-state index in [0.717, 1.165) is 31.5 Å². The highest BCUT2D eigenvalue weighted by Crippen LogP contribution is 2.40. The lowest BCUT2D eigenvalue weighted by Gasteiger charge is -2.25. The van der Waals surface area contributed by atoms with Crippen molar-refractivity contribution in [3.8, 4) is 22.8 Å². The Balaban J connectivity index is 2.05.